The number of nitriles is 1. The van der Waals surface area contributed by atoms with Gasteiger partial charge < -0.3 is 9.47 Å². The fourth-order valence-electron chi connectivity index (χ4n) is 8.34. The average molecular weight is 388 g/mol. The third-order valence-corrected chi connectivity index (χ3v) is 10.1. The number of ether oxygens (including phenoxy) is 2. The van der Waals surface area contributed by atoms with E-state index in [4.69, 9.17) is 9.47 Å². The second-order valence-electron chi connectivity index (χ2n) is 11.0. The summed E-state index contributed by atoms with van der Waals surface area (Å²) in [5.41, 5.74) is 0.610. The quantitative estimate of drug-likeness (QED) is 0.617. The first-order valence-electron chi connectivity index (χ1n) is 11.3. The minimum atomic E-state index is -0.199. The van der Waals surface area contributed by atoms with Crippen molar-refractivity contribution >= 4 is 5.97 Å². The highest BCUT2D eigenvalue weighted by Gasteiger charge is 2.65. The van der Waals surface area contributed by atoms with Crippen LogP contribution in [-0.4, -0.2) is 25.3 Å². The van der Waals surface area contributed by atoms with Gasteiger partial charge in [-0.25, -0.2) is 0 Å². The smallest absolute Gasteiger partial charge is 0.302 e. The van der Waals surface area contributed by atoms with Crippen LogP contribution in [0, 0.1) is 51.2 Å². The van der Waals surface area contributed by atoms with E-state index in [0.717, 1.165) is 25.2 Å². The second kappa shape index (κ2) is 6.73. The van der Waals surface area contributed by atoms with Gasteiger partial charge in [-0.1, -0.05) is 20.8 Å². The number of methoxy groups -OCH3 is 1. The van der Waals surface area contributed by atoms with Crippen molar-refractivity contribution in [3.05, 3.63) is 0 Å². The molecule has 4 aliphatic rings. The van der Waals surface area contributed by atoms with Gasteiger partial charge in [0.2, 0.25) is 0 Å². The van der Waals surface area contributed by atoms with E-state index in [1.54, 1.807) is 7.11 Å². The highest BCUT2D eigenvalue weighted by molar-refractivity contribution is 5.66. The minimum Gasteiger partial charge on any atom is -0.460 e. The van der Waals surface area contributed by atoms with Crippen molar-refractivity contribution in [1.29, 1.82) is 5.26 Å². The zero-order chi connectivity index (χ0) is 20.3. The summed E-state index contributed by atoms with van der Waals surface area (Å²) in [4.78, 5) is 11.7. The van der Waals surface area contributed by atoms with Gasteiger partial charge in [0.15, 0.2) is 0 Å². The van der Waals surface area contributed by atoms with E-state index in [0.29, 0.717) is 11.8 Å². The molecule has 0 unspecified atom stereocenters. The van der Waals surface area contributed by atoms with Crippen molar-refractivity contribution in [2.24, 2.45) is 39.9 Å². The summed E-state index contributed by atoms with van der Waals surface area (Å²) < 4.78 is 11.6. The van der Waals surface area contributed by atoms with Crippen LogP contribution in [0.5, 0.6) is 0 Å². The molecule has 0 aromatic carbocycles. The van der Waals surface area contributed by atoms with Crippen LogP contribution in [0.15, 0.2) is 0 Å². The van der Waals surface area contributed by atoms with E-state index in [-0.39, 0.29) is 40.3 Å². The zero-order valence-corrected chi connectivity index (χ0v) is 18.3. The van der Waals surface area contributed by atoms with Crippen LogP contribution in [-0.2, 0) is 14.3 Å². The van der Waals surface area contributed by atoms with Crippen molar-refractivity contribution in [3.8, 4) is 6.07 Å². The monoisotopic (exact) mass is 387 g/mol. The Kier molecular flexibility index (Phi) is 4.85. The standard InChI is InChI=1S/C24H37NO3/c1-15(26)28-21-12-22(2)10-8-17-18-7-6-16(14-25)23(18,3)11-9-19(17)24(22,4)13-20(21)27-5/h16-21H,6-13H2,1-5H3/t16-,17+,18+,19+,20-,21+,22+,23-,24-/m1/s1. The normalized spacial score (nSPS) is 52.7. The van der Waals surface area contributed by atoms with Crippen molar-refractivity contribution < 1.29 is 14.3 Å². The second-order valence-corrected chi connectivity index (χ2v) is 11.0. The molecule has 156 valence electrons. The Morgan fingerprint density at radius 3 is 2.39 bits per heavy atom. The molecule has 0 aromatic rings. The third kappa shape index (κ3) is 2.68. The van der Waals surface area contributed by atoms with Crippen molar-refractivity contribution in [2.45, 2.75) is 91.3 Å². The molecular weight excluding hydrogens is 350 g/mol. The van der Waals surface area contributed by atoms with Gasteiger partial charge in [0.1, 0.15) is 6.10 Å². The molecule has 0 heterocycles. The molecule has 4 aliphatic carbocycles. The summed E-state index contributed by atoms with van der Waals surface area (Å²) in [7, 11) is 1.76. The number of nitrogens with zero attached hydrogens (tertiary/aromatic N) is 1. The predicted octanol–water partition coefficient (Wildman–Crippen LogP) is 5.12. The van der Waals surface area contributed by atoms with E-state index >= 15 is 0 Å². The van der Waals surface area contributed by atoms with E-state index in [2.05, 4.69) is 26.8 Å². The van der Waals surface area contributed by atoms with Crippen LogP contribution < -0.4 is 0 Å². The molecule has 0 spiro atoms. The average Bonchev–Trinajstić information content (AvgIpc) is 2.98. The first kappa shape index (κ1) is 20.2. The summed E-state index contributed by atoms with van der Waals surface area (Å²) in [5, 5.41) is 9.71. The van der Waals surface area contributed by atoms with Crippen LogP contribution in [0.1, 0.15) is 79.1 Å². The minimum absolute atomic E-state index is 0.00975. The molecule has 0 radical (unpaired) electrons. The molecule has 0 N–H and O–H groups in total. The molecule has 0 bridgehead atoms. The molecule has 4 fully saturated rings. The Labute approximate surface area is 170 Å². The summed E-state index contributed by atoms with van der Waals surface area (Å²) in [6, 6.07) is 2.64. The van der Waals surface area contributed by atoms with Crippen LogP contribution in [0.25, 0.3) is 0 Å². The molecule has 0 amide bonds. The fraction of sp³-hybridized carbons (Fsp3) is 0.917. The van der Waals surface area contributed by atoms with Gasteiger partial charge in [0, 0.05) is 14.0 Å². The van der Waals surface area contributed by atoms with Gasteiger partial charge in [-0.15, -0.1) is 0 Å². The van der Waals surface area contributed by atoms with Crippen molar-refractivity contribution in [2.75, 3.05) is 7.11 Å². The van der Waals surface area contributed by atoms with Crippen LogP contribution in [0.3, 0.4) is 0 Å². The Morgan fingerprint density at radius 2 is 1.75 bits per heavy atom. The van der Waals surface area contributed by atoms with Gasteiger partial charge in [0.25, 0.3) is 0 Å². The van der Waals surface area contributed by atoms with Gasteiger partial charge in [-0.3, -0.25) is 4.79 Å². The summed E-state index contributed by atoms with van der Waals surface area (Å²) in [5.74, 6) is 2.17. The Bertz CT molecular complexity index is 686. The van der Waals surface area contributed by atoms with Gasteiger partial charge >= 0.3 is 5.97 Å². The van der Waals surface area contributed by atoms with Crippen LogP contribution >= 0.6 is 0 Å². The lowest BCUT2D eigenvalue weighted by Crippen LogP contribution is -2.61. The Hall–Kier alpha value is -1.08. The number of fused-ring (bicyclic) bond motifs is 5. The molecule has 9 atom stereocenters. The highest BCUT2D eigenvalue weighted by atomic mass is 16.6. The van der Waals surface area contributed by atoms with Gasteiger partial charge in [0.05, 0.1) is 18.1 Å². The van der Waals surface area contributed by atoms with E-state index in [9.17, 15) is 10.1 Å². The Morgan fingerprint density at radius 1 is 1.00 bits per heavy atom. The van der Waals surface area contributed by atoms with Crippen LogP contribution in [0.4, 0.5) is 0 Å². The summed E-state index contributed by atoms with van der Waals surface area (Å²) in [6.45, 7) is 8.85. The zero-order valence-electron chi connectivity index (χ0n) is 18.3. The number of hydrogen-bond donors (Lipinski definition) is 0. The number of hydrogen-bond acceptors (Lipinski definition) is 4. The first-order chi connectivity index (χ1) is 13.2. The molecule has 4 saturated carbocycles. The number of esters is 1. The van der Waals surface area contributed by atoms with Crippen molar-refractivity contribution in [3.63, 3.8) is 0 Å². The molecular formula is C24H37NO3. The topological polar surface area (TPSA) is 59.3 Å². The summed E-state index contributed by atoms with van der Waals surface area (Å²) in [6.07, 6.45) is 8.95. The van der Waals surface area contributed by atoms with E-state index in [1.807, 2.05) is 0 Å². The lowest BCUT2D eigenvalue weighted by atomic mass is 9.40. The van der Waals surface area contributed by atoms with Gasteiger partial charge in [-0.05, 0) is 85.4 Å². The molecule has 0 saturated heterocycles. The highest BCUT2D eigenvalue weighted by Crippen LogP contribution is 2.70. The SMILES string of the molecule is CO[C@@H]1C[C@]2(C)[C@H]3CC[C@]4(C)[C@@H](C#N)CC[C@H]4[C@@H]3CC[C@@]2(C)C[C@@H]1OC(C)=O. The maximum absolute atomic E-state index is 11.7. The first-order valence-corrected chi connectivity index (χ1v) is 11.3. The maximum atomic E-state index is 11.7. The third-order valence-electron chi connectivity index (χ3n) is 10.1. The summed E-state index contributed by atoms with van der Waals surface area (Å²) >= 11 is 0. The fourth-order valence-corrected chi connectivity index (χ4v) is 8.34. The Balaban J connectivity index is 1.64. The molecule has 0 aromatic heterocycles. The lowest BCUT2D eigenvalue weighted by molar-refractivity contribution is -0.212. The molecule has 4 nitrogen and oxygen atoms in total. The lowest BCUT2D eigenvalue weighted by Gasteiger charge is -2.65. The molecule has 28 heavy (non-hydrogen) atoms. The number of carbonyl (C=O) groups excluding carboxylic acids is 1. The predicted molar refractivity (Wildman–Crippen MR) is 107 cm³/mol. The van der Waals surface area contributed by atoms with Crippen LogP contribution in [0.2, 0.25) is 0 Å². The maximum Gasteiger partial charge on any atom is 0.302 e. The largest absolute Gasteiger partial charge is 0.460 e. The van der Waals surface area contributed by atoms with Crippen molar-refractivity contribution in [1.82, 2.24) is 0 Å². The number of rotatable bonds is 2. The van der Waals surface area contributed by atoms with E-state index in [1.165, 1.54) is 39.0 Å². The molecule has 4 rings (SSSR count). The number of carbonyl (C=O) groups is 1. The van der Waals surface area contributed by atoms with E-state index < -0.39 is 0 Å². The molecule has 0 aliphatic heterocycles. The van der Waals surface area contributed by atoms with Gasteiger partial charge in [-0.2, -0.15) is 5.26 Å². The molecule has 4 heteroatoms.